The summed E-state index contributed by atoms with van der Waals surface area (Å²) in [7, 11) is -2.38. The third-order valence-electron chi connectivity index (χ3n) is 7.39. The van der Waals surface area contributed by atoms with Crippen LogP contribution >= 0.6 is 23.5 Å². The Kier molecular flexibility index (Phi) is 10.8. The summed E-state index contributed by atoms with van der Waals surface area (Å²) in [6.07, 6.45) is 2.46. The van der Waals surface area contributed by atoms with Crippen molar-refractivity contribution < 1.29 is 37.0 Å². The predicted octanol–water partition coefficient (Wildman–Crippen LogP) is 6.53. The lowest BCUT2D eigenvalue weighted by Crippen LogP contribution is -2.43. The summed E-state index contributed by atoms with van der Waals surface area (Å²) in [5.41, 5.74) is 2.72. The Bertz CT molecular complexity index is 1620. The van der Waals surface area contributed by atoms with E-state index in [1.54, 1.807) is 24.6 Å². The van der Waals surface area contributed by atoms with Crippen LogP contribution in [-0.2, 0) is 39.2 Å². The van der Waals surface area contributed by atoms with Gasteiger partial charge in [-0.3, -0.25) is 4.57 Å². The first-order chi connectivity index (χ1) is 21.3. The lowest BCUT2D eigenvalue weighted by Gasteiger charge is -2.37. The second kappa shape index (κ2) is 14.4. The van der Waals surface area contributed by atoms with Crippen LogP contribution in [0, 0.1) is 5.82 Å². The fourth-order valence-electron chi connectivity index (χ4n) is 5.37. The highest BCUT2D eigenvalue weighted by Crippen LogP contribution is 2.61. The van der Waals surface area contributed by atoms with Crippen LogP contribution in [0.1, 0.15) is 52.0 Å². The molecule has 2 aromatic carbocycles. The molecule has 12 nitrogen and oxygen atoms in total. The number of nitrogens with zero attached hydrogens (tertiary/aromatic N) is 5. The lowest BCUT2D eigenvalue weighted by molar-refractivity contribution is -0.102. The number of benzene rings is 2. The fourth-order valence-corrected chi connectivity index (χ4v) is 7.77. The van der Waals surface area contributed by atoms with Crippen molar-refractivity contribution in [3.05, 3.63) is 46.3 Å². The zero-order chi connectivity index (χ0) is 31.3. The van der Waals surface area contributed by atoms with Crippen molar-refractivity contribution in [3.63, 3.8) is 0 Å². The van der Waals surface area contributed by atoms with E-state index in [1.807, 2.05) is 29.8 Å². The van der Waals surface area contributed by atoms with Crippen LogP contribution in [0.15, 0.2) is 34.8 Å². The van der Waals surface area contributed by atoms with Crippen molar-refractivity contribution in [2.24, 2.45) is 0 Å². The average molecular weight is 699 g/mol. The minimum Gasteiger partial charge on any atom is -0.381 e. The Labute approximate surface area is 263 Å². The highest BCUT2D eigenvalue weighted by molar-refractivity contribution is 9.10. The van der Waals surface area contributed by atoms with Crippen LogP contribution in [-0.4, -0.2) is 76.9 Å². The zero-order valence-electron chi connectivity index (χ0n) is 25.3. The molecule has 4 aromatic rings. The number of ether oxygens (including phenoxy) is 4. The summed E-state index contributed by atoms with van der Waals surface area (Å²) in [5.74, 6) is -0.468. The predicted molar refractivity (Wildman–Crippen MR) is 165 cm³/mol. The molecule has 0 amide bonds. The van der Waals surface area contributed by atoms with Gasteiger partial charge in [0.2, 0.25) is 5.34 Å². The van der Waals surface area contributed by atoms with E-state index in [-0.39, 0.29) is 44.8 Å². The van der Waals surface area contributed by atoms with Crippen LogP contribution in [0.4, 0.5) is 4.39 Å². The average Bonchev–Trinajstić information content (AvgIpc) is 3.61. The molecule has 0 spiro atoms. The van der Waals surface area contributed by atoms with E-state index in [0.29, 0.717) is 34.6 Å². The molecule has 5 rings (SSSR count). The highest BCUT2D eigenvalue weighted by Gasteiger charge is 2.53. The number of rotatable bonds is 15. The number of hydrogen-bond donors (Lipinski definition) is 0. The molecule has 2 aromatic heterocycles. The van der Waals surface area contributed by atoms with Gasteiger partial charge in [0, 0.05) is 30.2 Å². The Hall–Kier alpha value is -2.29. The SMILES string of the molecule is CCOCC(COC)(OCc1nn(C2CCCCO2)c2cc(-n3nnc4c(F)cc(Br)cc43)ccc12)P(=O)(OCC)OCC. The second-order valence-electron chi connectivity index (χ2n) is 10.3. The van der Waals surface area contributed by atoms with E-state index in [1.165, 1.54) is 13.2 Å². The standard InChI is InChI=1S/C29H38BrFN5O7P/c1-5-39-19-29(18-38-4,44(37,42-6-2)43-7-3)41-17-24-22-12-11-21(16-25(22)36(33-24)27-10-8-9-13-40-27)35-26-15-20(30)14-23(31)28(26)32-34-35/h11-12,14-16,27H,5-10,13,17-19H2,1-4H3. The fraction of sp³-hybridized carbons (Fsp3) is 0.552. The zero-order valence-corrected chi connectivity index (χ0v) is 27.8. The van der Waals surface area contributed by atoms with Gasteiger partial charge in [0.15, 0.2) is 12.0 Å². The minimum atomic E-state index is -3.88. The maximum atomic E-state index is 14.6. The van der Waals surface area contributed by atoms with Gasteiger partial charge >= 0.3 is 7.60 Å². The molecule has 44 heavy (non-hydrogen) atoms. The normalized spacial score (nSPS) is 17.5. The van der Waals surface area contributed by atoms with Gasteiger partial charge in [0.25, 0.3) is 0 Å². The molecule has 1 fully saturated rings. The largest absolute Gasteiger partial charge is 0.381 e. The number of fused-ring (bicyclic) bond motifs is 2. The molecule has 240 valence electrons. The van der Waals surface area contributed by atoms with E-state index in [0.717, 1.165) is 30.2 Å². The molecule has 0 saturated carbocycles. The van der Waals surface area contributed by atoms with Crippen LogP contribution in [0.25, 0.3) is 27.6 Å². The van der Waals surface area contributed by atoms with E-state index in [2.05, 4.69) is 26.2 Å². The first-order valence-corrected chi connectivity index (χ1v) is 17.1. The van der Waals surface area contributed by atoms with Gasteiger partial charge in [-0.15, -0.1) is 5.10 Å². The number of aromatic nitrogens is 5. The monoisotopic (exact) mass is 697 g/mol. The van der Waals surface area contributed by atoms with E-state index in [9.17, 15) is 8.96 Å². The molecule has 1 aliphatic heterocycles. The molecule has 15 heteroatoms. The topological polar surface area (TPSA) is 121 Å². The number of methoxy groups -OCH3 is 1. The van der Waals surface area contributed by atoms with Gasteiger partial charge in [-0.25, -0.2) is 13.8 Å². The molecule has 1 saturated heterocycles. The van der Waals surface area contributed by atoms with Crippen molar-refractivity contribution in [1.29, 1.82) is 0 Å². The number of hydrogen-bond acceptors (Lipinski definition) is 10. The molecule has 0 bridgehead atoms. The van der Waals surface area contributed by atoms with Crippen molar-refractivity contribution in [1.82, 2.24) is 24.8 Å². The summed E-state index contributed by atoms with van der Waals surface area (Å²) < 4.78 is 68.1. The molecule has 0 aliphatic carbocycles. The minimum absolute atomic E-state index is 0.0411. The van der Waals surface area contributed by atoms with Gasteiger partial charge in [0.1, 0.15) is 5.52 Å². The molecule has 2 unspecified atom stereocenters. The molecular formula is C29H38BrFN5O7P. The lowest BCUT2D eigenvalue weighted by atomic mass is 10.1. The summed E-state index contributed by atoms with van der Waals surface area (Å²) in [5, 5.41) is 12.5. The number of halogens is 2. The Morgan fingerprint density at radius 2 is 1.89 bits per heavy atom. The molecule has 0 radical (unpaired) electrons. The summed E-state index contributed by atoms with van der Waals surface area (Å²) >= 11 is 3.37. The van der Waals surface area contributed by atoms with Crippen molar-refractivity contribution in [2.45, 2.75) is 58.2 Å². The van der Waals surface area contributed by atoms with Crippen molar-refractivity contribution in [2.75, 3.05) is 46.8 Å². The van der Waals surface area contributed by atoms with Gasteiger partial charge < -0.3 is 28.0 Å². The van der Waals surface area contributed by atoms with Crippen molar-refractivity contribution >= 4 is 45.5 Å². The third kappa shape index (κ3) is 6.50. The second-order valence-corrected chi connectivity index (χ2v) is 13.6. The third-order valence-corrected chi connectivity index (χ3v) is 10.4. The first kappa shape index (κ1) is 33.1. The van der Waals surface area contributed by atoms with Crippen LogP contribution in [0.2, 0.25) is 0 Å². The van der Waals surface area contributed by atoms with E-state index < -0.39 is 18.8 Å². The molecule has 3 heterocycles. The van der Waals surface area contributed by atoms with Crippen LogP contribution < -0.4 is 0 Å². The molecule has 1 aliphatic rings. The van der Waals surface area contributed by atoms with Gasteiger partial charge in [-0.1, -0.05) is 21.1 Å². The Morgan fingerprint density at radius 1 is 1.09 bits per heavy atom. The summed E-state index contributed by atoms with van der Waals surface area (Å²) in [6.45, 7) is 6.40. The molecule has 2 atom stereocenters. The van der Waals surface area contributed by atoms with Crippen LogP contribution in [0.5, 0.6) is 0 Å². The van der Waals surface area contributed by atoms with E-state index >= 15 is 0 Å². The highest BCUT2D eigenvalue weighted by atomic mass is 79.9. The smallest absolute Gasteiger partial charge is 0.367 e. The van der Waals surface area contributed by atoms with E-state index in [4.69, 9.17) is 33.1 Å². The maximum Gasteiger partial charge on any atom is 0.367 e. The quantitative estimate of drug-likeness (QED) is 0.127. The maximum absolute atomic E-state index is 14.6. The molecule has 0 N–H and O–H groups in total. The summed E-state index contributed by atoms with van der Waals surface area (Å²) in [4.78, 5) is 0. The first-order valence-electron chi connectivity index (χ1n) is 14.7. The Balaban J connectivity index is 1.58. The van der Waals surface area contributed by atoms with Crippen molar-refractivity contribution in [3.8, 4) is 5.69 Å². The van der Waals surface area contributed by atoms with Gasteiger partial charge in [-0.2, -0.15) is 5.10 Å². The van der Waals surface area contributed by atoms with Crippen LogP contribution in [0.3, 0.4) is 0 Å². The summed E-state index contributed by atoms with van der Waals surface area (Å²) in [6, 6.07) is 8.82. The van der Waals surface area contributed by atoms with Gasteiger partial charge in [-0.05, 0) is 70.4 Å². The van der Waals surface area contributed by atoms with Gasteiger partial charge in [0.05, 0.1) is 55.4 Å². The molecular weight excluding hydrogens is 660 g/mol. The Morgan fingerprint density at radius 3 is 2.57 bits per heavy atom.